The third-order valence-corrected chi connectivity index (χ3v) is 4.57. The molecule has 0 saturated heterocycles. The zero-order valence-corrected chi connectivity index (χ0v) is 15.7. The molecule has 1 atom stereocenters. The lowest BCUT2D eigenvalue weighted by Gasteiger charge is -2.14. The van der Waals surface area contributed by atoms with Gasteiger partial charge in [0.25, 0.3) is 0 Å². The fourth-order valence-electron chi connectivity index (χ4n) is 1.90. The van der Waals surface area contributed by atoms with Gasteiger partial charge in [-0.25, -0.2) is 0 Å². The van der Waals surface area contributed by atoms with Crippen LogP contribution in [0.25, 0.3) is 0 Å². The van der Waals surface area contributed by atoms with E-state index in [9.17, 15) is 0 Å². The van der Waals surface area contributed by atoms with Gasteiger partial charge in [-0.3, -0.25) is 0 Å². The Morgan fingerprint density at radius 2 is 1.57 bits per heavy atom. The maximum atomic E-state index is 5.61. The summed E-state index contributed by atoms with van der Waals surface area (Å²) >= 11 is 7.06. The number of alkyl halides is 1. The van der Waals surface area contributed by atoms with Crippen molar-refractivity contribution in [1.29, 1.82) is 0 Å². The van der Waals surface area contributed by atoms with Crippen LogP contribution in [0.15, 0.2) is 28.7 Å². The summed E-state index contributed by atoms with van der Waals surface area (Å²) in [6.07, 6.45) is 2.13. The summed E-state index contributed by atoms with van der Waals surface area (Å²) in [5.74, 6) is 0.598. The van der Waals surface area contributed by atoms with E-state index in [0.29, 0.717) is 32.3 Å². The molecule has 1 aromatic rings. The minimum Gasteiger partial charge on any atom is -0.382 e. The van der Waals surface area contributed by atoms with E-state index in [2.05, 4.69) is 56.1 Å². The average Bonchev–Trinajstić information content (AvgIpc) is 2.50. The van der Waals surface area contributed by atoms with E-state index in [0.717, 1.165) is 29.3 Å². The number of rotatable bonds is 12. The van der Waals surface area contributed by atoms with Crippen LogP contribution in [-0.4, -0.2) is 45.5 Å². The van der Waals surface area contributed by atoms with Gasteiger partial charge >= 0.3 is 0 Å². The van der Waals surface area contributed by atoms with E-state index >= 15 is 0 Å². The number of benzene rings is 1. The van der Waals surface area contributed by atoms with Gasteiger partial charge in [0, 0.05) is 23.5 Å². The smallest absolute Gasteiger partial charge is 0.0701 e. The Kier molecular flexibility index (Phi) is 11.5. The molecule has 5 heteroatoms. The van der Waals surface area contributed by atoms with E-state index in [1.54, 1.807) is 7.11 Å². The molecule has 0 aliphatic carbocycles. The highest BCUT2D eigenvalue weighted by molar-refractivity contribution is 9.10. The molecule has 1 rings (SSSR count). The zero-order chi connectivity index (χ0) is 15.3. The summed E-state index contributed by atoms with van der Waals surface area (Å²) < 4.78 is 17.0. The fourth-order valence-corrected chi connectivity index (χ4v) is 2.72. The minimum absolute atomic E-state index is 0.598. The van der Waals surface area contributed by atoms with Gasteiger partial charge in [-0.05, 0) is 36.5 Å². The van der Waals surface area contributed by atoms with Crippen molar-refractivity contribution < 1.29 is 14.2 Å². The standard InChI is InChI=1S/C16H24Br2O3/c1-19-8-9-21-11-10-20-7-6-15(13-17)12-14-2-4-16(18)5-3-14/h2-5,15H,6-13H2,1H3. The van der Waals surface area contributed by atoms with Gasteiger partial charge in [-0.1, -0.05) is 44.0 Å². The molecule has 3 nitrogen and oxygen atoms in total. The van der Waals surface area contributed by atoms with Gasteiger partial charge in [0.15, 0.2) is 0 Å². The highest BCUT2D eigenvalue weighted by Gasteiger charge is 2.08. The predicted octanol–water partition coefficient (Wildman–Crippen LogP) is 4.07. The van der Waals surface area contributed by atoms with Crippen molar-refractivity contribution in [1.82, 2.24) is 0 Å². The SMILES string of the molecule is COCCOCCOCCC(CBr)Cc1ccc(Br)cc1. The normalized spacial score (nSPS) is 12.5. The number of hydrogen-bond acceptors (Lipinski definition) is 3. The first-order chi connectivity index (χ1) is 10.3. The van der Waals surface area contributed by atoms with E-state index in [4.69, 9.17) is 14.2 Å². The predicted molar refractivity (Wildman–Crippen MR) is 93.3 cm³/mol. The van der Waals surface area contributed by atoms with Crippen molar-refractivity contribution >= 4 is 31.9 Å². The number of methoxy groups -OCH3 is 1. The second-order valence-corrected chi connectivity index (χ2v) is 6.42. The molecule has 0 N–H and O–H groups in total. The van der Waals surface area contributed by atoms with Crippen molar-refractivity contribution in [3.8, 4) is 0 Å². The Morgan fingerprint density at radius 3 is 2.19 bits per heavy atom. The third-order valence-electron chi connectivity index (χ3n) is 3.13. The monoisotopic (exact) mass is 422 g/mol. The molecule has 0 saturated carbocycles. The second kappa shape index (κ2) is 12.6. The van der Waals surface area contributed by atoms with Crippen LogP contribution >= 0.6 is 31.9 Å². The molecular weight excluding hydrogens is 400 g/mol. The molecule has 0 heterocycles. The van der Waals surface area contributed by atoms with Crippen molar-refractivity contribution in [3.63, 3.8) is 0 Å². The van der Waals surface area contributed by atoms with Crippen LogP contribution in [-0.2, 0) is 20.6 Å². The molecular formula is C16H24Br2O3. The van der Waals surface area contributed by atoms with E-state index in [-0.39, 0.29) is 0 Å². The highest BCUT2D eigenvalue weighted by atomic mass is 79.9. The lowest BCUT2D eigenvalue weighted by atomic mass is 9.98. The first kappa shape index (κ1) is 19.1. The molecule has 1 aromatic carbocycles. The molecule has 0 aliphatic rings. The van der Waals surface area contributed by atoms with Gasteiger partial charge in [0.1, 0.15) is 0 Å². The van der Waals surface area contributed by atoms with E-state index in [1.165, 1.54) is 5.56 Å². The summed E-state index contributed by atoms with van der Waals surface area (Å²) in [5, 5.41) is 0.997. The van der Waals surface area contributed by atoms with Crippen LogP contribution in [0.3, 0.4) is 0 Å². The lowest BCUT2D eigenvalue weighted by Crippen LogP contribution is -2.13. The molecule has 0 aliphatic heterocycles. The zero-order valence-electron chi connectivity index (χ0n) is 12.5. The fraction of sp³-hybridized carbons (Fsp3) is 0.625. The molecule has 0 spiro atoms. The maximum Gasteiger partial charge on any atom is 0.0701 e. The minimum atomic E-state index is 0.598. The van der Waals surface area contributed by atoms with E-state index in [1.807, 2.05) is 0 Å². The van der Waals surface area contributed by atoms with Crippen LogP contribution in [0.2, 0.25) is 0 Å². The van der Waals surface area contributed by atoms with Gasteiger partial charge in [0.2, 0.25) is 0 Å². The third kappa shape index (κ3) is 9.63. The molecule has 21 heavy (non-hydrogen) atoms. The van der Waals surface area contributed by atoms with Crippen molar-refractivity contribution in [2.75, 3.05) is 45.5 Å². The second-order valence-electron chi connectivity index (χ2n) is 4.86. The van der Waals surface area contributed by atoms with Gasteiger partial charge < -0.3 is 14.2 Å². The first-order valence-electron chi connectivity index (χ1n) is 7.21. The Hall–Kier alpha value is 0.0600. The van der Waals surface area contributed by atoms with Crippen molar-refractivity contribution in [2.24, 2.45) is 5.92 Å². The number of halogens is 2. The first-order valence-corrected chi connectivity index (χ1v) is 9.12. The summed E-state index contributed by atoms with van der Waals surface area (Å²) in [6.45, 7) is 3.33. The van der Waals surface area contributed by atoms with Crippen molar-refractivity contribution in [3.05, 3.63) is 34.3 Å². The molecule has 0 bridgehead atoms. The van der Waals surface area contributed by atoms with Gasteiger partial charge in [-0.2, -0.15) is 0 Å². The average molecular weight is 424 g/mol. The summed E-state index contributed by atoms with van der Waals surface area (Å²) in [6, 6.07) is 8.53. The molecule has 120 valence electrons. The Morgan fingerprint density at radius 1 is 0.952 bits per heavy atom. The molecule has 0 fully saturated rings. The van der Waals surface area contributed by atoms with Gasteiger partial charge in [-0.15, -0.1) is 0 Å². The quantitative estimate of drug-likeness (QED) is 0.374. The Balaban J connectivity index is 2.09. The molecule has 0 radical (unpaired) electrons. The lowest BCUT2D eigenvalue weighted by molar-refractivity contribution is 0.0223. The van der Waals surface area contributed by atoms with Gasteiger partial charge in [0.05, 0.1) is 26.4 Å². The number of hydrogen-bond donors (Lipinski definition) is 0. The van der Waals surface area contributed by atoms with Crippen LogP contribution in [0.5, 0.6) is 0 Å². The molecule has 1 unspecified atom stereocenters. The van der Waals surface area contributed by atoms with Crippen molar-refractivity contribution in [2.45, 2.75) is 12.8 Å². The summed E-state index contributed by atoms with van der Waals surface area (Å²) in [5.41, 5.74) is 1.37. The molecule has 0 amide bonds. The summed E-state index contributed by atoms with van der Waals surface area (Å²) in [7, 11) is 1.67. The maximum absolute atomic E-state index is 5.61. The topological polar surface area (TPSA) is 27.7 Å². The largest absolute Gasteiger partial charge is 0.382 e. The van der Waals surface area contributed by atoms with Crippen LogP contribution in [0, 0.1) is 5.92 Å². The van der Waals surface area contributed by atoms with Crippen LogP contribution in [0.1, 0.15) is 12.0 Å². The van der Waals surface area contributed by atoms with E-state index < -0.39 is 0 Å². The van der Waals surface area contributed by atoms with Crippen LogP contribution < -0.4 is 0 Å². The Labute approximate surface area is 144 Å². The van der Waals surface area contributed by atoms with Crippen LogP contribution in [0.4, 0.5) is 0 Å². The number of ether oxygens (including phenoxy) is 3. The highest BCUT2D eigenvalue weighted by Crippen LogP contribution is 2.17. The summed E-state index contributed by atoms with van der Waals surface area (Å²) in [4.78, 5) is 0. The Bertz CT molecular complexity index is 357. The molecule has 0 aromatic heterocycles.